The average Bonchev–Trinajstić information content (AvgIpc) is 2.68. The van der Waals surface area contributed by atoms with Gasteiger partial charge in [-0.2, -0.15) is 0 Å². The number of benzene rings is 1. The van der Waals surface area contributed by atoms with Crippen molar-refractivity contribution >= 4 is 29.1 Å². The highest BCUT2D eigenvalue weighted by molar-refractivity contribution is 7.80. The molecule has 4 saturated carbocycles. The number of hydrogen-bond donors (Lipinski definition) is 4. The fraction of sp³-hybridized carbons (Fsp3) is 0.591. The smallest absolute Gasteiger partial charge is 0.257 e. The predicted molar refractivity (Wildman–Crippen MR) is 115 cm³/mol. The van der Waals surface area contributed by atoms with E-state index >= 15 is 0 Å². The van der Waals surface area contributed by atoms with Crippen LogP contribution < -0.4 is 21.5 Å². The molecule has 1 aromatic carbocycles. The Morgan fingerprint density at radius 1 is 0.897 bits per heavy atom. The number of thiocarbonyl (C=S) groups is 1. The molecule has 4 aliphatic carbocycles. The maximum atomic E-state index is 12.5. The second-order valence-corrected chi connectivity index (χ2v) is 9.62. The molecule has 6 nitrogen and oxygen atoms in total. The Kier molecular flexibility index (Phi) is 6.04. The van der Waals surface area contributed by atoms with Crippen molar-refractivity contribution < 1.29 is 9.59 Å². The van der Waals surface area contributed by atoms with Crippen LogP contribution in [0.3, 0.4) is 0 Å². The summed E-state index contributed by atoms with van der Waals surface area (Å²) in [6, 6.07) is 9.86. The van der Waals surface area contributed by atoms with Gasteiger partial charge in [0.1, 0.15) is 0 Å². The van der Waals surface area contributed by atoms with Crippen LogP contribution in [0.1, 0.15) is 50.5 Å². The summed E-state index contributed by atoms with van der Waals surface area (Å²) in [5, 5.41) is 6.14. The van der Waals surface area contributed by atoms with E-state index in [0.29, 0.717) is 18.1 Å². The highest BCUT2D eigenvalue weighted by Gasteiger charge is 2.51. The summed E-state index contributed by atoms with van der Waals surface area (Å²) in [7, 11) is 0. The number of carbonyl (C=O) groups is 2. The minimum Gasteiger partial charge on any atom is -0.357 e. The summed E-state index contributed by atoms with van der Waals surface area (Å²) < 4.78 is 0. The predicted octanol–water partition coefficient (Wildman–Crippen LogP) is 2.40. The van der Waals surface area contributed by atoms with Gasteiger partial charge in [-0.3, -0.25) is 20.4 Å². The monoisotopic (exact) mass is 414 g/mol. The van der Waals surface area contributed by atoms with Crippen LogP contribution in [0.25, 0.3) is 0 Å². The number of nitrogens with one attached hydrogen (secondary N) is 4. The van der Waals surface area contributed by atoms with Crippen molar-refractivity contribution in [2.75, 3.05) is 6.54 Å². The summed E-state index contributed by atoms with van der Waals surface area (Å²) in [6.07, 6.45) is 8.26. The molecule has 0 heterocycles. The average molecular weight is 415 g/mol. The molecule has 29 heavy (non-hydrogen) atoms. The molecule has 4 bridgehead atoms. The molecule has 0 aromatic heterocycles. The van der Waals surface area contributed by atoms with E-state index in [0.717, 1.165) is 23.3 Å². The van der Waals surface area contributed by atoms with Crippen LogP contribution in [0.2, 0.25) is 0 Å². The molecule has 0 aliphatic heterocycles. The molecule has 0 radical (unpaired) electrons. The molecule has 0 atom stereocenters. The maximum absolute atomic E-state index is 12.5. The van der Waals surface area contributed by atoms with Crippen molar-refractivity contribution in [3.8, 4) is 0 Å². The standard InChI is InChI=1S/C22H30N4O2S/c27-19(12-22-9-16-6-17(10-22)8-18(7-16)11-22)23-14-20(28)25-26-21(29)24-13-15-4-2-1-3-5-15/h1-5,16-18H,6-14H2,(H,23,27)(H,25,28)(H2,24,26,29). The van der Waals surface area contributed by atoms with E-state index in [-0.39, 0.29) is 23.8 Å². The van der Waals surface area contributed by atoms with Crippen LogP contribution >= 0.6 is 12.2 Å². The van der Waals surface area contributed by atoms with Crippen LogP contribution in [-0.4, -0.2) is 23.5 Å². The minimum atomic E-state index is -0.312. The van der Waals surface area contributed by atoms with Crippen molar-refractivity contribution in [1.82, 2.24) is 21.5 Å². The van der Waals surface area contributed by atoms with Crippen LogP contribution in [0.15, 0.2) is 30.3 Å². The van der Waals surface area contributed by atoms with Crippen molar-refractivity contribution in [1.29, 1.82) is 0 Å². The first-order valence-corrected chi connectivity index (χ1v) is 11.0. The van der Waals surface area contributed by atoms with Crippen molar-refractivity contribution in [3.05, 3.63) is 35.9 Å². The molecular weight excluding hydrogens is 384 g/mol. The molecular formula is C22H30N4O2S. The molecule has 5 rings (SSSR count). The number of rotatable bonds is 6. The van der Waals surface area contributed by atoms with Crippen molar-refractivity contribution in [2.24, 2.45) is 23.2 Å². The normalized spacial score (nSPS) is 29.2. The van der Waals surface area contributed by atoms with E-state index in [9.17, 15) is 9.59 Å². The van der Waals surface area contributed by atoms with E-state index in [1.165, 1.54) is 38.5 Å². The molecule has 4 fully saturated rings. The fourth-order valence-corrected chi connectivity index (χ4v) is 6.20. The summed E-state index contributed by atoms with van der Waals surface area (Å²) in [5.41, 5.74) is 6.49. The maximum Gasteiger partial charge on any atom is 0.257 e. The minimum absolute atomic E-state index is 0.00752. The van der Waals surface area contributed by atoms with E-state index in [1.807, 2.05) is 30.3 Å². The van der Waals surface area contributed by atoms with Gasteiger partial charge >= 0.3 is 0 Å². The lowest BCUT2D eigenvalue weighted by Crippen LogP contribution is -2.51. The van der Waals surface area contributed by atoms with Gasteiger partial charge in [0.2, 0.25) is 5.91 Å². The Hall–Kier alpha value is -2.15. The van der Waals surface area contributed by atoms with Gasteiger partial charge in [-0.05, 0) is 79.5 Å². The van der Waals surface area contributed by atoms with E-state index in [4.69, 9.17) is 12.2 Å². The molecule has 4 N–H and O–H groups in total. The quantitative estimate of drug-likeness (QED) is 0.425. The lowest BCUT2D eigenvalue weighted by Gasteiger charge is -2.56. The summed E-state index contributed by atoms with van der Waals surface area (Å²) in [4.78, 5) is 24.5. The van der Waals surface area contributed by atoms with Crippen LogP contribution in [-0.2, 0) is 16.1 Å². The third kappa shape index (κ3) is 5.26. The Balaban J connectivity index is 1.13. The lowest BCUT2D eigenvalue weighted by molar-refractivity contribution is -0.132. The number of carbonyl (C=O) groups excluding carboxylic acids is 2. The van der Waals surface area contributed by atoms with Gasteiger partial charge in [-0.15, -0.1) is 0 Å². The zero-order chi connectivity index (χ0) is 20.3. The SMILES string of the molecule is O=C(CC12CC3CC(CC(C3)C1)C2)NCC(=O)NNC(=S)NCc1ccccc1. The van der Waals surface area contributed by atoms with Crippen molar-refractivity contribution in [3.63, 3.8) is 0 Å². The summed E-state index contributed by atoms with van der Waals surface area (Å²) in [6.45, 7) is 0.532. The first-order valence-electron chi connectivity index (χ1n) is 10.6. The van der Waals surface area contributed by atoms with Gasteiger partial charge in [-0.1, -0.05) is 30.3 Å². The van der Waals surface area contributed by atoms with E-state index < -0.39 is 0 Å². The third-order valence-corrected chi connectivity index (χ3v) is 7.00. The van der Waals surface area contributed by atoms with Gasteiger partial charge < -0.3 is 10.6 Å². The molecule has 0 unspecified atom stereocenters. The van der Waals surface area contributed by atoms with Gasteiger partial charge in [0.25, 0.3) is 5.91 Å². The second kappa shape index (κ2) is 8.69. The number of amides is 2. The Labute approximate surface area is 177 Å². The van der Waals surface area contributed by atoms with Crippen LogP contribution in [0, 0.1) is 23.2 Å². The van der Waals surface area contributed by atoms with Crippen LogP contribution in [0.5, 0.6) is 0 Å². The Bertz CT molecular complexity index is 732. The molecule has 2 amide bonds. The number of hydrogen-bond acceptors (Lipinski definition) is 3. The summed E-state index contributed by atoms with van der Waals surface area (Å²) >= 11 is 5.15. The van der Waals surface area contributed by atoms with Crippen LogP contribution in [0.4, 0.5) is 0 Å². The third-order valence-electron chi connectivity index (χ3n) is 6.76. The van der Waals surface area contributed by atoms with Gasteiger partial charge in [0, 0.05) is 13.0 Å². The Morgan fingerprint density at radius 2 is 1.52 bits per heavy atom. The molecule has 7 heteroatoms. The molecule has 4 aliphatic rings. The molecule has 0 spiro atoms. The van der Waals surface area contributed by atoms with Gasteiger partial charge in [0.05, 0.1) is 6.54 Å². The molecule has 156 valence electrons. The van der Waals surface area contributed by atoms with Crippen molar-refractivity contribution in [2.45, 2.75) is 51.5 Å². The summed E-state index contributed by atoms with van der Waals surface area (Å²) in [5.74, 6) is 2.16. The zero-order valence-corrected chi connectivity index (χ0v) is 17.5. The Morgan fingerprint density at radius 3 is 2.14 bits per heavy atom. The largest absolute Gasteiger partial charge is 0.357 e. The zero-order valence-electron chi connectivity index (χ0n) is 16.7. The first-order chi connectivity index (χ1) is 14.0. The van der Waals surface area contributed by atoms with Gasteiger partial charge in [-0.25, -0.2) is 0 Å². The molecule has 1 aromatic rings. The van der Waals surface area contributed by atoms with E-state index in [2.05, 4.69) is 21.5 Å². The molecule has 0 saturated heterocycles. The number of hydrazine groups is 1. The topological polar surface area (TPSA) is 82.3 Å². The first kappa shape index (κ1) is 20.1. The highest BCUT2D eigenvalue weighted by atomic mass is 32.1. The van der Waals surface area contributed by atoms with Gasteiger partial charge in [0.15, 0.2) is 5.11 Å². The lowest BCUT2D eigenvalue weighted by atomic mass is 9.49. The fourth-order valence-electron chi connectivity index (χ4n) is 6.08. The van der Waals surface area contributed by atoms with E-state index in [1.54, 1.807) is 0 Å². The second-order valence-electron chi connectivity index (χ2n) is 9.21. The highest BCUT2D eigenvalue weighted by Crippen LogP contribution is 2.61.